The van der Waals surface area contributed by atoms with Crippen LogP contribution in [0.4, 0.5) is 0 Å². The molecule has 270 valence electrons. The summed E-state index contributed by atoms with van der Waals surface area (Å²) in [6, 6.07) is 67.5. The summed E-state index contributed by atoms with van der Waals surface area (Å²) in [4.78, 5) is 4.57. The summed E-state index contributed by atoms with van der Waals surface area (Å²) in [5, 5.41) is 2.44. The summed E-state index contributed by atoms with van der Waals surface area (Å²) in [7, 11) is 0. The van der Waals surface area contributed by atoms with Gasteiger partial charge in [-0.25, -0.2) is 0 Å². The first kappa shape index (κ1) is 31.5. The Bertz CT molecular complexity index is 3300. The molecule has 0 fully saturated rings. The predicted molar refractivity (Wildman–Crippen MR) is 232 cm³/mol. The first-order chi connectivity index (χ1) is 28.8. The lowest BCUT2D eigenvalue weighted by Gasteiger charge is -2.33. The number of pyridine rings is 1. The quantitative estimate of drug-likeness (QED) is 0.181. The van der Waals surface area contributed by atoms with Crippen LogP contribution in [0.15, 0.2) is 194 Å². The third kappa shape index (κ3) is 4.16. The van der Waals surface area contributed by atoms with Gasteiger partial charge in [-0.05, 0) is 117 Å². The second-order valence-electron chi connectivity index (χ2n) is 15.4. The normalized spacial score (nSPS) is 13.6. The fourth-order valence-electron chi connectivity index (χ4n) is 10.1. The third-order valence-electron chi connectivity index (χ3n) is 12.5. The lowest BCUT2D eigenvalue weighted by atomic mass is 9.70. The molecular weight excluding hydrogens is 709 g/mol. The molecule has 10 aromatic rings. The molecule has 1 spiro atoms. The molecule has 0 unspecified atom stereocenters. The van der Waals surface area contributed by atoms with E-state index in [4.69, 9.17) is 9.47 Å². The molecule has 13 rings (SSSR count). The Morgan fingerprint density at radius 2 is 1.03 bits per heavy atom. The van der Waals surface area contributed by atoms with Crippen LogP contribution >= 0.6 is 0 Å². The van der Waals surface area contributed by atoms with Crippen molar-refractivity contribution in [2.24, 2.45) is 0 Å². The van der Waals surface area contributed by atoms with Crippen molar-refractivity contribution in [1.82, 2.24) is 9.55 Å². The zero-order valence-corrected chi connectivity index (χ0v) is 31.2. The second-order valence-corrected chi connectivity index (χ2v) is 15.4. The van der Waals surface area contributed by atoms with Gasteiger partial charge in [0.2, 0.25) is 0 Å². The van der Waals surface area contributed by atoms with E-state index in [0.29, 0.717) is 0 Å². The summed E-state index contributed by atoms with van der Waals surface area (Å²) in [5.74, 6) is 2.97. The topological polar surface area (TPSA) is 36.3 Å². The van der Waals surface area contributed by atoms with E-state index in [9.17, 15) is 0 Å². The number of hydrogen-bond donors (Lipinski definition) is 0. The van der Waals surface area contributed by atoms with Gasteiger partial charge in [-0.1, -0.05) is 121 Å². The fourth-order valence-corrected chi connectivity index (χ4v) is 10.1. The molecule has 0 bridgehead atoms. The summed E-state index contributed by atoms with van der Waals surface area (Å²) in [6.45, 7) is 0. The number of benzene rings is 8. The van der Waals surface area contributed by atoms with Gasteiger partial charge < -0.3 is 14.0 Å². The van der Waals surface area contributed by atoms with Crippen LogP contribution in [0, 0.1) is 0 Å². The van der Waals surface area contributed by atoms with Crippen LogP contribution in [0.2, 0.25) is 0 Å². The van der Waals surface area contributed by atoms with Crippen LogP contribution in [-0.4, -0.2) is 9.55 Å². The molecule has 0 saturated carbocycles. The van der Waals surface area contributed by atoms with E-state index in [2.05, 4.69) is 161 Å². The van der Waals surface area contributed by atoms with Crippen LogP contribution in [0.5, 0.6) is 23.0 Å². The molecule has 2 aliphatic carbocycles. The van der Waals surface area contributed by atoms with Gasteiger partial charge in [-0.2, -0.15) is 0 Å². The Balaban J connectivity index is 1.01. The maximum Gasteiger partial charge on any atom is 0.175 e. The number of hydrogen-bond acceptors (Lipinski definition) is 3. The molecule has 0 atom stereocenters. The van der Waals surface area contributed by atoms with Crippen LogP contribution < -0.4 is 9.47 Å². The molecule has 58 heavy (non-hydrogen) atoms. The average molecular weight is 741 g/mol. The largest absolute Gasteiger partial charge is 0.450 e. The summed E-state index contributed by atoms with van der Waals surface area (Å²) < 4.78 is 15.9. The van der Waals surface area contributed by atoms with Crippen molar-refractivity contribution >= 4 is 21.8 Å². The highest BCUT2D eigenvalue weighted by molar-refractivity contribution is 6.10. The van der Waals surface area contributed by atoms with Crippen molar-refractivity contribution in [1.29, 1.82) is 0 Å². The molecule has 3 heterocycles. The predicted octanol–water partition coefficient (Wildman–Crippen LogP) is 13.8. The first-order valence-electron chi connectivity index (χ1n) is 19.8. The van der Waals surface area contributed by atoms with Gasteiger partial charge in [0.05, 0.1) is 22.1 Å². The minimum absolute atomic E-state index is 0.615. The highest BCUT2D eigenvalue weighted by Gasteiger charge is 2.54. The minimum atomic E-state index is -0.615. The van der Waals surface area contributed by atoms with Crippen molar-refractivity contribution < 1.29 is 9.47 Å². The van der Waals surface area contributed by atoms with Crippen LogP contribution in [0.3, 0.4) is 0 Å². The van der Waals surface area contributed by atoms with Gasteiger partial charge in [-0.15, -0.1) is 0 Å². The van der Waals surface area contributed by atoms with Gasteiger partial charge in [0, 0.05) is 33.8 Å². The molecule has 4 nitrogen and oxygen atoms in total. The maximum absolute atomic E-state index is 6.91. The maximum atomic E-state index is 6.91. The molecule has 2 aromatic heterocycles. The van der Waals surface area contributed by atoms with E-state index >= 15 is 0 Å². The fraction of sp³-hybridized carbons (Fsp3) is 0.0185. The Kier molecular flexibility index (Phi) is 6.34. The van der Waals surface area contributed by atoms with Crippen molar-refractivity contribution in [2.75, 3.05) is 0 Å². The molecule has 0 saturated heterocycles. The number of ether oxygens (including phenoxy) is 2. The second kappa shape index (κ2) is 11.7. The lowest BCUT2D eigenvalue weighted by Crippen LogP contribution is -2.27. The van der Waals surface area contributed by atoms with Crippen molar-refractivity contribution in [3.8, 4) is 73.3 Å². The van der Waals surface area contributed by atoms with Gasteiger partial charge >= 0.3 is 0 Å². The summed E-state index contributed by atoms with van der Waals surface area (Å²) in [5.41, 5.74) is 17.0. The van der Waals surface area contributed by atoms with Crippen molar-refractivity contribution in [3.63, 3.8) is 0 Å². The number of rotatable bonds is 3. The van der Waals surface area contributed by atoms with Gasteiger partial charge in [-0.3, -0.25) is 4.98 Å². The first-order valence-corrected chi connectivity index (χ1v) is 19.8. The molecule has 3 aliphatic rings. The number of nitrogens with zero attached hydrogens (tertiary/aromatic N) is 2. The monoisotopic (exact) mass is 740 g/mol. The Hall–Kier alpha value is -7.69. The minimum Gasteiger partial charge on any atom is -0.450 e. The zero-order chi connectivity index (χ0) is 38.0. The molecule has 0 radical (unpaired) electrons. The van der Waals surface area contributed by atoms with E-state index in [0.717, 1.165) is 45.5 Å². The Morgan fingerprint density at radius 3 is 1.83 bits per heavy atom. The molecule has 8 aromatic carbocycles. The van der Waals surface area contributed by atoms with Crippen LogP contribution in [0.1, 0.15) is 22.3 Å². The Labute approximate surface area is 334 Å². The van der Waals surface area contributed by atoms with Crippen molar-refractivity contribution in [3.05, 3.63) is 217 Å². The van der Waals surface area contributed by atoms with E-state index in [1.54, 1.807) is 0 Å². The lowest BCUT2D eigenvalue weighted by molar-refractivity contribution is 0.354. The van der Waals surface area contributed by atoms with Gasteiger partial charge in [0.25, 0.3) is 0 Å². The van der Waals surface area contributed by atoms with E-state index in [-0.39, 0.29) is 0 Å². The molecule has 4 heteroatoms. The molecule has 1 aliphatic heterocycles. The average Bonchev–Trinajstić information content (AvgIpc) is 3.90. The van der Waals surface area contributed by atoms with Crippen molar-refractivity contribution in [2.45, 2.75) is 5.41 Å². The van der Waals surface area contributed by atoms with Crippen LogP contribution in [-0.2, 0) is 5.41 Å². The zero-order valence-electron chi connectivity index (χ0n) is 31.2. The SMILES string of the molecule is c1ccc(-c2ccc(-n3c4ccccc4c4cc(-c5ccc6c(c5)C5(c7ccccc7-c7ccccc75)c5c-6ccc6c5Oc5ccccc5O6)ccc43)cc2)nc1. The third-order valence-corrected chi connectivity index (χ3v) is 12.5. The number of fused-ring (bicyclic) bond motifs is 16. The summed E-state index contributed by atoms with van der Waals surface area (Å²) >= 11 is 0. The Morgan fingerprint density at radius 1 is 0.414 bits per heavy atom. The standard InChI is InChI=1S/C54H32N2O2/c1-4-14-43-37(11-1)38-12-2-5-15-44(38)54(43)45-32-35(22-26-39(45)41-27-29-51-53(52(41)54)58-50-19-8-7-18-49(50)57-51)34-23-28-48-42(31-34)40-13-3-6-17-47(40)56(48)36-24-20-33(21-25-36)46-16-9-10-30-55-46/h1-32H. The number of para-hydroxylation sites is 3. The molecular formula is C54H32N2O2. The van der Waals surface area contributed by atoms with Crippen LogP contribution in [0.25, 0.3) is 72.1 Å². The van der Waals surface area contributed by atoms with Gasteiger partial charge in [0.1, 0.15) is 0 Å². The highest BCUT2D eigenvalue weighted by atomic mass is 16.6. The van der Waals surface area contributed by atoms with Gasteiger partial charge in [0.15, 0.2) is 23.0 Å². The molecule has 0 amide bonds. The number of aromatic nitrogens is 2. The smallest absolute Gasteiger partial charge is 0.175 e. The molecule has 0 N–H and O–H groups in total. The highest BCUT2D eigenvalue weighted by Crippen LogP contribution is 2.67. The van der Waals surface area contributed by atoms with E-state index in [1.165, 1.54) is 71.9 Å². The van der Waals surface area contributed by atoms with E-state index < -0.39 is 5.41 Å². The summed E-state index contributed by atoms with van der Waals surface area (Å²) in [6.07, 6.45) is 1.84. The van der Waals surface area contributed by atoms with E-state index in [1.807, 2.05) is 42.6 Å².